The highest BCUT2D eigenvalue weighted by atomic mass is 16.4. The molecule has 0 bridgehead atoms. The van der Waals surface area contributed by atoms with Gasteiger partial charge in [0.15, 0.2) is 0 Å². The maximum Gasteiger partial charge on any atom is 0.310 e. The number of anilines is 1. The van der Waals surface area contributed by atoms with E-state index in [0.29, 0.717) is 6.04 Å². The van der Waals surface area contributed by atoms with Gasteiger partial charge in [-0.15, -0.1) is 0 Å². The van der Waals surface area contributed by atoms with E-state index >= 15 is 0 Å². The summed E-state index contributed by atoms with van der Waals surface area (Å²) in [5, 5.41) is 9.23. The number of hydrogen-bond donors (Lipinski definition) is 1. The van der Waals surface area contributed by atoms with E-state index < -0.39 is 11.9 Å². The second kappa shape index (κ2) is 4.87. The fourth-order valence-electron chi connectivity index (χ4n) is 3.62. The van der Waals surface area contributed by atoms with Crippen LogP contribution >= 0.6 is 0 Å². The van der Waals surface area contributed by atoms with Crippen molar-refractivity contribution in [3.05, 3.63) is 29.3 Å². The summed E-state index contributed by atoms with van der Waals surface area (Å²) in [6, 6.07) is 6.84. The van der Waals surface area contributed by atoms with Crippen LogP contribution in [-0.4, -0.2) is 23.7 Å². The van der Waals surface area contributed by atoms with Crippen molar-refractivity contribution in [2.75, 3.05) is 11.4 Å². The minimum Gasteiger partial charge on any atom is -0.481 e. The number of fused-ring (bicyclic) bond motifs is 1. The largest absolute Gasteiger partial charge is 0.481 e. The van der Waals surface area contributed by atoms with E-state index in [9.17, 15) is 9.90 Å². The molecule has 1 aliphatic heterocycles. The van der Waals surface area contributed by atoms with Crippen molar-refractivity contribution in [3.63, 3.8) is 0 Å². The lowest BCUT2D eigenvalue weighted by Crippen LogP contribution is -2.31. The normalized spacial score (nSPS) is 20.6. The number of benzene rings is 1. The topological polar surface area (TPSA) is 40.5 Å². The van der Waals surface area contributed by atoms with Gasteiger partial charge in [-0.05, 0) is 43.4 Å². The molecule has 1 aliphatic carbocycles. The van der Waals surface area contributed by atoms with Crippen molar-refractivity contribution in [2.45, 2.75) is 51.0 Å². The lowest BCUT2D eigenvalue weighted by Gasteiger charge is -2.27. The maximum absolute atomic E-state index is 11.2. The minimum atomic E-state index is -0.729. The Morgan fingerprint density at radius 1 is 1.37 bits per heavy atom. The van der Waals surface area contributed by atoms with Gasteiger partial charge in [-0.1, -0.05) is 25.0 Å². The molecule has 0 spiro atoms. The van der Waals surface area contributed by atoms with Gasteiger partial charge in [-0.3, -0.25) is 4.79 Å². The molecule has 0 amide bonds. The van der Waals surface area contributed by atoms with Gasteiger partial charge in [0, 0.05) is 18.3 Å². The van der Waals surface area contributed by atoms with Crippen LogP contribution in [0.25, 0.3) is 0 Å². The summed E-state index contributed by atoms with van der Waals surface area (Å²) in [5.74, 6) is -1.13. The molecule has 1 unspecified atom stereocenters. The summed E-state index contributed by atoms with van der Waals surface area (Å²) in [6.07, 6.45) is 6.25. The number of hydrogen-bond acceptors (Lipinski definition) is 2. The molecule has 1 atom stereocenters. The Balaban J connectivity index is 1.94. The number of carboxylic acid groups (broad SMARTS) is 1. The number of rotatable bonds is 3. The zero-order valence-electron chi connectivity index (χ0n) is 11.4. The summed E-state index contributed by atoms with van der Waals surface area (Å²) < 4.78 is 0. The summed E-state index contributed by atoms with van der Waals surface area (Å²) in [4.78, 5) is 13.7. The Labute approximate surface area is 114 Å². The van der Waals surface area contributed by atoms with Crippen LogP contribution in [0.3, 0.4) is 0 Å². The predicted molar refractivity (Wildman–Crippen MR) is 75.8 cm³/mol. The molecule has 0 radical (unpaired) electrons. The number of carbonyl (C=O) groups is 1. The van der Waals surface area contributed by atoms with Gasteiger partial charge < -0.3 is 10.0 Å². The minimum absolute atomic E-state index is 0.404. The van der Waals surface area contributed by atoms with E-state index in [-0.39, 0.29) is 0 Å². The van der Waals surface area contributed by atoms with Crippen molar-refractivity contribution < 1.29 is 9.90 Å². The van der Waals surface area contributed by atoms with Crippen LogP contribution in [0.4, 0.5) is 5.69 Å². The number of carboxylic acids is 1. The maximum atomic E-state index is 11.2. The second-order valence-electron chi connectivity index (χ2n) is 5.79. The fraction of sp³-hybridized carbons (Fsp3) is 0.562. The summed E-state index contributed by atoms with van der Waals surface area (Å²) in [7, 11) is 0. The third-order valence-electron chi connectivity index (χ3n) is 4.70. The monoisotopic (exact) mass is 259 g/mol. The fourth-order valence-corrected chi connectivity index (χ4v) is 3.62. The van der Waals surface area contributed by atoms with Crippen LogP contribution in [0.2, 0.25) is 0 Å². The van der Waals surface area contributed by atoms with Crippen molar-refractivity contribution in [3.8, 4) is 0 Å². The van der Waals surface area contributed by atoms with Crippen LogP contribution in [-0.2, 0) is 11.2 Å². The van der Waals surface area contributed by atoms with Gasteiger partial charge in [0.2, 0.25) is 0 Å². The van der Waals surface area contributed by atoms with Crippen molar-refractivity contribution in [1.29, 1.82) is 0 Å². The highest BCUT2D eigenvalue weighted by molar-refractivity contribution is 5.78. The molecule has 3 rings (SSSR count). The van der Waals surface area contributed by atoms with Gasteiger partial charge in [0.1, 0.15) is 0 Å². The van der Waals surface area contributed by atoms with Crippen LogP contribution in [0.5, 0.6) is 0 Å². The lowest BCUT2D eigenvalue weighted by atomic mass is 9.94. The average Bonchev–Trinajstić information content (AvgIpc) is 3.05. The lowest BCUT2D eigenvalue weighted by molar-refractivity contribution is -0.138. The molecule has 2 aliphatic rings. The van der Waals surface area contributed by atoms with E-state index in [1.165, 1.54) is 36.9 Å². The predicted octanol–water partition coefficient (Wildman–Crippen LogP) is 3.18. The van der Waals surface area contributed by atoms with Crippen LogP contribution < -0.4 is 4.90 Å². The Bertz CT molecular complexity index is 492. The molecule has 1 saturated carbocycles. The second-order valence-corrected chi connectivity index (χ2v) is 5.79. The van der Waals surface area contributed by atoms with Gasteiger partial charge >= 0.3 is 5.97 Å². The Hall–Kier alpha value is -1.51. The molecule has 0 saturated heterocycles. The van der Waals surface area contributed by atoms with Crippen molar-refractivity contribution in [2.24, 2.45) is 0 Å². The first kappa shape index (κ1) is 12.5. The van der Waals surface area contributed by atoms with E-state index in [0.717, 1.165) is 18.5 Å². The van der Waals surface area contributed by atoms with E-state index in [1.807, 2.05) is 12.1 Å². The van der Waals surface area contributed by atoms with E-state index in [2.05, 4.69) is 11.0 Å². The standard InChI is InChI=1S/C16H21NO2/c1-11(16(18)19)13-7-4-8-15-14(13)9-10-17(15)12-5-2-3-6-12/h4,7-8,11-12H,2-3,5-6,9-10H2,1H3,(H,18,19). The molecule has 1 aromatic rings. The first-order valence-corrected chi connectivity index (χ1v) is 7.29. The molecule has 3 heteroatoms. The molecule has 1 N–H and O–H groups in total. The van der Waals surface area contributed by atoms with Crippen molar-refractivity contribution in [1.82, 2.24) is 0 Å². The van der Waals surface area contributed by atoms with Crippen molar-refractivity contribution >= 4 is 11.7 Å². The molecule has 1 aromatic carbocycles. The number of aliphatic carboxylic acids is 1. The van der Waals surface area contributed by atoms with Gasteiger partial charge in [0.25, 0.3) is 0 Å². The molecule has 102 valence electrons. The first-order chi connectivity index (χ1) is 9.18. The molecule has 3 nitrogen and oxygen atoms in total. The van der Waals surface area contributed by atoms with Gasteiger partial charge in [-0.2, -0.15) is 0 Å². The summed E-state index contributed by atoms with van der Waals surface area (Å²) in [6.45, 7) is 2.85. The molecule has 1 fully saturated rings. The third-order valence-corrected chi connectivity index (χ3v) is 4.70. The highest BCUT2D eigenvalue weighted by Crippen LogP contribution is 2.38. The summed E-state index contributed by atoms with van der Waals surface area (Å²) in [5.41, 5.74) is 3.56. The Kier molecular flexibility index (Phi) is 3.21. The SMILES string of the molecule is CC(C(=O)O)c1cccc2c1CCN2C1CCCC1. The van der Waals surface area contributed by atoms with Crippen LogP contribution in [0.1, 0.15) is 49.7 Å². The Morgan fingerprint density at radius 2 is 2.11 bits per heavy atom. The zero-order valence-corrected chi connectivity index (χ0v) is 11.4. The number of nitrogens with zero attached hydrogens (tertiary/aromatic N) is 1. The van der Waals surface area contributed by atoms with Gasteiger partial charge in [0.05, 0.1) is 5.92 Å². The Morgan fingerprint density at radius 3 is 2.79 bits per heavy atom. The molecule has 0 aromatic heterocycles. The molecular formula is C16H21NO2. The zero-order chi connectivity index (χ0) is 13.4. The van der Waals surface area contributed by atoms with Crippen LogP contribution in [0.15, 0.2) is 18.2 Å². The smallest absolute Gasteiger partial charge is 0.310 e. The molecule has 1 heterocycles. The quantitative estimate of drug-likeness (QED) is 0.906. The van der Waals surface area contributed by atoms with E-state index in [4.69, 9.17) is 0 Å². The van der Waals surface area contributed by atoms with E-state index in [1.54, 1.807) is 6.92 Å². The first-order valence-electron chi connectivity index (χ1n) is 7.29. The highest BCUT2D eigenvalue weighted by Gasteiger charge is 2.31. The van der Waals surface area contributed by atoms with Crippen LogP contribution in [0, 0.1) is 0 Å². The molecular weight excluding hydrogens is 238 g/mol. The van der Waals surface area contributed by atoms with Gasteiger partial charge in [-0.25, -0.2) is 0 Å². The summed E-state index contributed by atoms with van der Waals surface area (Å²) >= 11 is 0. The third kappa shape index (κ3) is 2.11. The average molecular weight is 259 g/mol. The molecule has 19 heavy (non-hydrogen) atoms.